The number of benzene rings is 2. The summed E-state index contributed by atoms with van der Waals surface area (Å²) in [5, 5.41) is 31.3. The highest BCUT2D eigenvalue weighted by Crippen LogP contribution is 2.45. The molecular weight excluding hydrogens is 308 g/mol. The normalized spacial score (nSPS) is 11.7. The fourth-order valence-electron chi connectivity index (χ4n) is 2.64. The minimum absolute atomic E-state index is 0.0893. The van der Waals surface area contributed by atoms with Gasteiger partial charge in [0.25, 0.3) is 11.4 Å². The van der Waals surface area contributed by atoms with E-state index in [9.17, 15) is 34.9 Å². The molecule has 0 radical (unpaired) electrons. The number of hydrogen-bond acceptors (Lipinski definition) is 6. The Labute approximate surface area is 127 Å². The summed E-state index contributed by atoms with van der Waals surface area (Å²) in [6.07, 6.45) is 0. The molecule has 0 saturated carbocycles. The first-order valence-electron chi connectivity index (χ1n) is 6.21. The van der Waals surface area contributed by atoms with E-state index in [2.05, 4.69) is 0 Å². The number of ketones is 1. The Bertz CT molecular complexity index is 933. The summed E-state index contributed by atoms with van der Waals surface area (Å²) in [6, 6.07) is 5.62. The zero-order valence-electron chi connectivity index (χ0n) is 11.2. The van der Waals surface area contributed by atoms with Crippen LogP contribution in [-0.2, 0) is 0 Å². The van der Waals surface area contributed by atoms with Crippen molar-refractivity contribution < 1.29 is 24.5 Å². The molecule has 1 N–H and O–H groups in total. The van der Waals surface area contributed by atoms with Crippen molar-refractivity contribution in [1.82, 2.24) is 0 Å². The van der Waals surface area contributed by atoms with Crippen molar-refractivity contribution >= 4 is 23.1 Å². The predicted octanol–water partition coefficient (Wildman–Crippen LogP) is 2.41. The van der Waals surface area contributed by atoms with E-state index < -0.39 is 33.0 Å². The van der Waals surface area contributed by atoms with Crippen LogP contribution in [0.4, 0.5) is 11.4 Å². The number of nitro benzene ring substituents is 2. The van der Waals surface area contributed by atoms with Crippen LogP contribution in [-0.4, -0.2) is 26.7 Å². The Hall–Kier alpha value is -3.62. The number of aromatic carboxylic acids is 1. The second-order valence-corrected chi connectivity index (χ2v) is 4.76. The van der Waals surface area contributed by atoms with Crippen LogP contribution in [0.25, 0.3) is 11.1 Å². The third-order valence-corrected chi connectivity index (χ3v) is 3.55. The first-order valence-corrected chi connectivity index (χ1v) is 6.21. The highest BCUT2D eigenvalue weighted by atomic mass is 16.6. The SMILES string of the molecule is O=C(O)c1cccc2c1C(=O)c1cc([N+](=O)[O-])cc([N+](=O)[O-])c1-2. The van der Waals surface area contributed by atoms with Crippen LogP contribution in [0.3, 0.4) is 0 Å². The summed E-state index contributed by atoms with van der Waals surface area (Å²) in [5.74, 6) is -2.14. The summed E-state index contributed by atoms with van der Waals surface area (Å²) < 4.78 is 0. The number of carboxylic acids is 1. The predicted molar refractivity (Wildman–Crippen MR) is 75.6 cm³/mol. The fraction of sp³-hybridized carbons (Fsp3) is 0. The number of carbonyl (C=O) groups excluding carboxylic acids is 1. The summed E-state index contributed by atoms with van der Waals surface area (Å²) >= 11 is 0. The molecule has 0 aromatic heterocycles. The molecule has 0 heterocycles. The van der Waals surface area contributed by atoms with Crippen LogP contribution >= 0.6 is 0 Å². The van der Waals surface area contributed by atoms with E-state index in [0.29, 0.717) is 0 Å². The Morgan fingerprint density at radius 2 is 1.70 bits per heavy atom. The molecule has 9 heteroatoms. The van der Waals surface area contributed by atoms with Crippen molar-refractivity contribution in [3.8, 4) is 11.1 Å². The average molecular weight is 314 g/mol. The Kier molecular flexibility index (Phi) is 2.93. The lowest BCUT2D eigenvalue weighted by atomic mass is 10.0. The quantitative estimate of drug-likeness (QED) is 0.578. The average Bonchev–Trinajstić information content (AvgIpc) is 2.79. The molecule has 0 bridgehead atoms. The highest BCUT2D eigenvalue weighted by Gasteiger charge is 2.38. The number of nitrogens with zero attached hydrogens (tertiary/aromatic N) is 2. The van der Waals surface area contributed by atoms with Crippen molar-refractivity contribution in [2.45, 2.75) is 0 Å². The van der Waals surface area contributed by atoms with Gasteiger partial charge in [0.15, 0.2) is 5.78 Å². The van der Waals surface area contributed by atoms with E-state index in [1.54, 1.807) is 0 Å². The van der Waals surface area contributed by atoms with Gasteiger partial charge in [-0.1, -0.05) is 12.1 Å². The van der Waals surface area contributed by atoms with Gasteiger partial charge in [-0.25, -0.2) is 4.79 Å². The number of carboxylic acid groups (broad SMARTS) is 1. The zero-order valence-corrected chi connectivity index (χ0v) is 11.2. The second kappa shape index (κ2) is 4.70. The van der Waals surface area contributed by atoms with E-state index in [1.165, 1.54) is 18.2 Å². The number of carbonyl (C=O) groups is 2. The molecule has 9 nitrogen and oxygen atoms in total. The summed E-state index contributed by atoms with van der Waals surface area (Å²) in [7, 11) is 0. The van der Waals surface area contributed by atoms with Gasteiger partial charge in [-0.2, -0.15) is 0 Å². The van der Waals surface area contributed by atoms with Crippen molar-refractivity contribution in [1.29, 1.82) is 0 Å². The summed E-state index contributed by atoms with van der Waals surface area (Å²) in [6.45, 7) is 0. The maximum atomic E-state index is 12.5. The van der Waals surface area contributed by atoms with E-state index >= 15 is 0 Å². The van der Waals surface area contributed by atoms with Crippen molar-refractivity contribution in [3.63, 3.8) is 0 Å². The van der Waals surface area contributed by atoms with Crippen LogP contribution in [0.2, 0.25) is 0 Å². The lowest BCUT2D eigenvalue weighted by molar-refractivity contribution is -0.393. The minimum atomic E-state index is -1.36. The van der Waals surface area contributed by atoms with Crippen LogP contribution < -0.4 is 0 Å². The van der Waals surface area contributed by atoms with Gasteiger partial charge in [-0.05, 0) is 6.07 Å². The standard InChI is InChI=1S/C14H6N2O7/c17-13-9-4-6(15(20)21)5-10(16(22)23)11(9)7-2-1-3-8(12(7)13)14(18)19/h1-5H,(H,18,19). The molecule has 0 spiro atoms. The molecule has 0 aliphatic heterocycles. The number of non-ortho nitro benzene ring substituents is 1. The number of hydrogen-bond donors (Lipinski definition) is 1. The molecule has 0 saturated heterocycles. The number of nitro groups is 2. The lowest BCUT2D eigenvalue weighted by Crippen LogP contribution is -2.06. The van der Waals surface area contributed by atoms with Gasteiger partial charge in [0, 0.05) is 22.8 Å². The van der Waals surface area contributed by atoms with Crippen LogP contribution in [0.1, 0.15) is 26.3 Å². The fourth-order valence-corrected chi connectivity index (χ4v) is 2.64. The maximum absolute atomic E-state index is 12.5. The second-order valence-electron chi connectivity index (χ2n) is 4.76. The molecule has 114 valence electrons. The molecule has 2 aromatic rings. The van der Waals surface area contributed by atoms with Gasteiger partial charge in [0.1, 0.15) is 0 Å². The van der Waals surface area contributed by atoms with E-state index in [1.807, 2.05) is 0 Å². The molecule has 3 rings (SSSR count). The molecule has 0 amide bonds. The van der Waals surface area contributed by atoms with Gasteiger partial charge in [0.05, 0.1) is 27.0 Å². The molecule has 1 aliphatic carbocycles. The first kappa shape index (κ1) is 14.3. The van der Waals surface area contributed by atoms with Gasteiger partial charge in [-0.15, -0.1) is 0 Å². The molecule has 0 unspecified atom stereocenters. The van der Waals surface area contributed by atoms with E-state index in [0.717, 1.165) is 12.1 Å². The summed E-state index contributed by atoms with van der Waals surface area (Å²) in [4.78, 5) is 44.2. The third kappa shape index (κ3) is 1.94. The van der Waals surface area contributed by atoms with Gasteiger partial charge >= 0.3 is 5.97 Å². The van der Waals surface area contributed by atoms with Crippen LogP contribution in [0, 0.1) is 20.2 Å². The van der Waals surface area contributed by atoms with Crippen molar-refractivity contribution in [3.05, 3.63) is 67.3 Å². The van der Waals surface area contributed by atoms with Crippen LogP contribution in [0.5, 0.6) is 0 Å². The minimum Gasteiger partial charge on any atom is -0.478 e. The van der Waals surface area contributed by atoms with Crippen molar-refractivity contribution in [2.75, 3.05) is 0 Å². The molecule has 0 fully saturated rings. The smallest absolute Gasteiger partial charge is 0.336 e. The molecular formula is C14H6N2O7. The Balaban J connectivity index is 2.42. The maximum Gasteiger partial charge on any atom is 0.336 e. The molecule has 0 atom stereocenters. The number of rotatable bonds is 3. The van der Waals surface area contributed by atoms with Crippen molar-refractivity contribution in [2.24, 2.45) is 0 Å². The molecule has 23 heavy (non-hydrogen) atoms. The molecule has 1 aliphatic rings. The topological polar surface area (TPSA) is 141 Å². The van der Waals surface area contributed by atoms with E-state index in [4.69, 9.17) is 0 Å². The monoisotopic (exact) mass is 314 g/mol. The molecule has 2 aromatic carbocycles. The van der Waals surface area contributed by atoms with E-state index in [-0.39, 0.29) is 27.8 Å². The Morgan fingerprint density at radius 1 is 1.00 bits per heavy atom. The number of fused-ring (bicyclic) bond motifs is 3. The van der Waals surface area contributed by atoms with Gasteiger partial charge in [-0.3, -0.25) is 25.0 Å². The van der Waals surface area contributed by atoms with Gasteiger partial charge in [0.2, 0.25) is 0 Å². The first-order chi connectivity index (χ1) is 10.8. The lowest BCUT2D eigenvalue weighted by Gasteiger charge is -2.03. The van der Waals surface area contributed by atoms with Gasteiger partial charge < -0.3 is 5.11 Å². The summed E-state index contributed by atoms with van der Waals surface area (Å²) in [5.41, 5.74) is -1.96. The largest absolute Gasteiger partial charge is 0.478 e. The zero-order chi connectivity index (χ0) is 16.9. The van der Waals surface area contributed by atoms with Crippen LogP contribution in [0.15, 0.2) is 30.3 Å². The Morgan fingerprint density at radius 3 is 2.26 bits per heavy atom. The highest BCUT2D eigenvalue weighted by molar-refractivity contribution is 6.26. The third-order valence-electron chi connectivity index (χ3n) is 3.55.